The van der Waals surface area contributed by atoms with Crippen molar-refractivity contribution in [3.63, 3.8) is 0 Å². The summed E-state index contributed by atoms with van der Waals surface area (Å²) in [5.74, 6) is -7.03. The van der Waals surface area contributed by atoms with E-state index in [2.05, 4.69) is 11.3 Å². The molecule has 0 aromatic rings. The topological polar surface area (TPSA) is 26.3 Å². The predicted octanol–water partition coefficient (Wildman–Crippen LogP) is 3.36. The third-order valence-corrected chi connectivity index (χ3v) is 1.10. The molecule has 102 valence electrons. The molecule has 0 unspecified atom stereocenters. The third kappa shape index (κ3) is 6.35. The van der Waals surface area contributed by atoms with Crippen LogP contribution in [-0.4, -0.2) is 31.6 Å². The van der Waals surface area contributed by atoms with E-state index in [1.165, 1.54) is 0 Å². The fourth-order valence-corrected chi connectivity index (χ4v) is 0.240. The summed E-state index contributed by atoms with van der Waals surface area (Å²) in [6, 6.07) is 0. The Balaban J connectivity index is 0. The van der Waals surface area contributed by atoms with Crippen LogP contribution in [0.4, 0.5) is 30.7 Å². The molecule has 0 aliphatic heterocycles. The molecule has 0 heterocycles. The molecule has 0 aromatic heterocycles. The molecule has 0 saturated carbocycles. The minimum atomic E-state index is -6.39. The average Bonchev–Trinajstić information content (AvgIpc) is 2.15. The lowest BCUT2D eigenvalue weighted by Gasteiger charge is -2.17. The Morgan fingerprint density at radius 3 is 1.88 bits per heavy atom. The lowest BCUT2D eigenvalue weighted by molar-refractivity contribution is -0.320. The molecule has 17 heavy (non-hydrogen) atoms. The van der Waals surface area contributed by atoms with Crippen LogP contribution in [0.5, 0.6) is 0 Å². The Kier molecular flexibility index (Phi) is 5.52. The number of methoxy groups -OCH3 is 1. The summed E-state index contributed by atoms with van der Waals surface area (Å²) in [5.41, 5.74) is 0. The summed E-state index contributed by atoms with van der Waals surface area (Å²) < 4.78 is 93.7. The molecule has 0 atom stereocenters. The highest BCUT2D eigenvalue weighted by Crippen LogP contribution is 2.39. The van der Waals surface area contributed by atoms with Crippen LogP contribution < -0.4 is 0 Å². The van der Waals surface area contributed by atoms with Gasteiger partial charge in [-0.05, 0) is 0 Å². The van der Waals surface area contributed by atoms with Gasteiger partial charge in [0.15, 0.2) is 0 Å². The summed E-state index contributed by atoms with van der Waals surface area (Å²) in [4.78, 5) is 10.2. The largest absolute Gasteiger partial charge is 0.465 e. The van der Waals surface area contributed by atoms with Crippen molar-refractivity contribution in [3.05, 3.63) is 11.6 Å². The van der Waals surface area contributed by atoms with E-state index in [1.54, 1.807) is 0 Å². The molecule has 0 fully saturated rings. The van der Waals surface area contributed by atoms with Crippen LogP contribution in [0.2, 0.25) is 0 Å². The van der Waals surface area contributed by atoms with Crippen molar-refractivity contribution in [1.29, 1.82) is 0 Å². The monoisotopic (exact) mass is 292 g/mol. The maximum Gasteiger partial charge on any atom is 0.459 e. The second-order valence-electron chi connectivity index (χ2n) is 2.17. The Morgan fingerprint density at radius 2 is 1.82 bits per heavy atom. The Bertz CT molecular complexity index is 310. The molecule has 0 aliphatic rings. The summed E-state index contributed by atoms with van der Waals surface area (Å²) in [5, 5.41) is -0.197. The van der Waals surface area contributed by atoms with Gasteiger partial charge >= 0.3 is 24.5 Å². The van der Waals surface area contributed by atoms with Gasteiger partial charge in [-0.15, -0.1) is 0 Å². The Labute approximate surface area is 98.8 Å². The zero-order chi connectivity index (χ0) is 16.1. The molecule has 0 radical (unpaired) electrons. The molecular formula is C7H6ClF7O2. The van der Waals surface area contributed by atoms with Gasteiger partial charge in [0.1, 0.15) is 6.40 Å². The number of alkyl halides is 7. The lowest BCUT2D eigenvalue weighted by Crippen LogP contribution is -2.42. The first-order valence-electron chi connectivity index (χ1n) is 4.52. The van der Waals surface area contributed by atoms with E-state index in [9.17, 15) is 35.5 Å². The number of carbonyl (C=O) groups excluding carboxylic acids is 1. The summed E-state index contributed by atoms with van der Waals surface area (Å²) in [7, 11) is -0.412. The lowest BCUT2D eigenvalue weighted by atomic mass is 10.3. The zero-order valence-electron chi connectivity index (χ0n) is 9.75. The average molecular weight is 293 g/mol. The quantitative estimate of drug-likeness (QED) is 0.443. The first-order chi connectivity index (χ1) is 8.18. The Hall–Kier alpha value is -0.990. The first kappa shape index (κ1) is 14.1. The molecule has 2 nitrogen and oxygen atoms in total. The number of rotatable bonds is 2. The molecule has 0 amide bonds. The highest BCUT2D eigenvalue weighted by atomic mass is 35.5. The van der Waals surface area contributed by atoms with Gasteiger partial charge in [-0.2, -0.15) is 22.0 Å². The number of hydrogen-bond donors (Lipinski definition) is 0. The minimum Gasteiger partial charge on any atom is -0.465 e. The van der Waals surface area contributed by atoms with Crippen molar-refractivity contribution in [2.24, 2.45) is 0 Å². The molecule has 0 rings (SSSR count). The van der Waals surface area contributed by atoms with Crippen LogP contribution >= 0.6 is 11.6 Å². The minimum absolute atomic E-state index is 0.197. The van der Waals surface area contributed by atoms with Crippen LogP contribution in [0.3, 0.4) is 0 Å². The van der Waals surface area contributed by atoms with Crippen LogP contribution in [-0.2, 0) is 9.53 Å². The van der Waals surface area contributed by atoms with E-state index >= 15 is 0 Å². The van der Waals surface area contributed by atoms with E-state index in [0.717, 1.165) is 0 Å². The Morgan fingerprint density at radius 1 is 1.41 bits per heavy atom. The smallest absolute Gasteiger partial charge is 0.459 e. The molecule has 0 N–H and O–H groups in total. The van der Waals surface area contributed by atoms with Crippen LogP contribution in [0, 0.1) is 0 Å². The highest BCUT2D eigenvalue weighted by molar-refractivity contribution is 6.40. The number of ether oxygens (including phenoxy) is 1. The van der Waals surface area contributed by atoms with Crippen molar-refractivity contribution in [3.8, 4) is 0 Å². The van der Waals surface area contributed by atoms with E-state index in [0.29, 0.717) is 0 Å². The van der Waals surface area contributed by atoms with Crippen molar-refractivity contribution < 1.29 is 43.0 Å². The van der Waals surface area contributed by atoms with Crippen molar-refractivity contribution in [1.82, 2.24) is 0 Å². The number of hydrogen-bond acceptors (Lipinski definition) is 2. The van der Waals surface area contributed by atoms with Crippen LogP contribution in [0.25, 0.3) is 0 Å². The van der Waals surface area contributed by atoms with Crippen molar-refractivity contribution in [2.45, 2.75) is 18.5 Å². The summed E-state index contributed by atoms with van der Waals surface area (Å²) >= 11 is 5.05. The van der Waals surface area contributed by atoms with Gasteiger partial charge in [0, 0.05) is 0 Å². The first-order valence-corrected chi connectivity index (χ1v) is 3.69. The maximum atomic E-state index is 11.4. The summed E-state index contributed by atoms with van der Waals surface area (Å²) in [6.07, 6.45) is -12.2. The van der Waals surface area contributed by atoms with Gasteiger partial charge in [0.05, 0.1) is 8.46 Å². The molecule has 0 aliphatic carbocycles. The van der Waals surface area contributed by atoms with E-state index in [1.807, 2.05) is 0 Å². The van der Waals surface area contributed by atoms with Gasteiger partial charge in [-0.1, -0.05) is 18.2 Å². The van der Waals surface area contributed by atoms with Crippen molar-refractivity contribution in [2.75, 3.05) is 7.09 Å². The predicted molar refractivity (Wildman–Crippen MR) is 44.0 cm³/mol. The third-order valence-electron chi connectivity index (χ3n) is 0.946. The van der Waals surface area contributed by atoms with Crippen LogP contribution in [0.1, 0.15) is 2.74 Å². The fourth-order valence-electron chi connectivity index (χ4n) is 0.185. The van der Waals surface area contributed by atoms with Gasteiger partial charge in [0.2, 0.25) is 0 Å². The van der Waals surface area contributed by atoms with Gasteiger partial charge in [0.25, 0.3) is 0 Å². The van der Waals surface area contributed by atoms with E-state index in [4.69, 9.17) is 14.3 Å². The molecule has 10 heteroatoms. The van der Waals surface area contributed by atoms with Gasteiger partial charge in [-0.3, -0.25) is 0 Å². The normalized spacial score (nSPS) is 13.9. The highest BCUT2D eigenvalue weighted by Gasteiger charge is 2.64. The standard InChI is InChI=1S/C4H5ClO2.C3HF7/c1-3(5)4(6)7-2;4-1(5)2(6,7)3(8,9)10/h1H2,2H3;1H/i2D;1D. The number of carbonyl (C=O) groups is 1. The van der Waals surface area contributed by atoms with Gasteiger partial charge in [-0.25, -0.2) is 13.6 Å². The van der Waals surface area contributed by atoms with E-state index in [-0.39, 0.29) is 5.03 Å². The van der Waals surface area contributed by atoms with E-state index < -0.39 is 31.6 Å². The molecule has 0 saturated heterocycles. The SMILES string of the molecule is [2H]C(F)(F)C(F)(F)C(F)(F)F.[2H]COC(=O)C(=C)Cl. The molecule has 0 bridgehead atoms. The zero-order valence-corrected chi connectivity index (χ0v) is 8.51. The molecule has 0 aromatic carbocycles. The molecular weight excluding hydrogens is 285 g/mol. The van der Waals surface area contributed by atoms with Crippen LogP contribution in [0.15, 0.2) is 11.6 Å². The van der Waals surface area contributed by atoms with Gasteiger partial charge < -0.3 is 4.74 Å². The fraction of sp³-hybridized carbons (Fsp3) is 0.571. The number of esters is 1. The molecule has 0 spiro atoms. The van der Waals surface area contributed by atoms with Crippen molar-refractivity contribution >= 4 is 17.6 Å². The second-order valence-corrected chi connectivity index (χ2v) is 2.63. The number of halogens is 8. The maximum absolute atomic E-state index is 11.4. The second kappa shape index (κ2) is 6.67. The summed E-state index contributed by atoms with van der Waals surface area (Å²) in [6.45, 7) is 3.08.